The maximum absolute atomic E-state index is 2.50. The fourth-order valence-corrected chi connectivity index (χ4v) is 10.2. The average molecular weight is 754 g/mol. The van der Waals surface area contributed by atoms with Gasteiger partial charge < -0.3 is 4.90 Å². The van der Waals surface area contributed by atoms with E-state index in [-0.39, 0.29) is 5.41 Å². The van der Waals surface area contributed by atoms with Crippen LogP contribution in [0.5, 0.6) is 0 Å². The molecule has 0 heterocycles. The van der Waals surface area contributed by atoms with Gasteiger partial charge in [-0.1, -0.05) is 202 Å². The van der Waals surface area contributed by atoms with Gasteiger partial charge in [0.25, 0.3) is 0 Å². The molecule has 0 aromatic heterocycles. The van der Waals surface area contributed by atoms with E-state index in [0.717, 1.165) is 17.1 Å². The van der Waals surface area contributed by atoms with Crippen molar-refractivity contribution >= 4 is 17.1 Å². The van der Waals surface area contributed by atoms with Crippen LogP contribution in [0.4, 0.5) is 17.1 Å². The summed E-state index contributed by atoms with van der Waals surface area (Å²) in [5.41, 5.74) is 20.5. The number of hydrogen-bond donors (Lipinski definition) is 0. The third-order valence-electron chi connectivity index (χ3n) is 13.0. The molecule has 0 saturated carbocycles. The van der Waals surface area contributed by atoms with Crippen LogP contribution in [-0.4, -0.2) is 0 Å². The highest BCUT2D eigenvalue weighted by molar-refractivity contribution is 5.94. The van der Waals surface area contributed by atoms with Gasteiger partial charge in [-0.25, -0.2) is 0 Å². The molecule has 0 aliphatic heterocycles. The number of fused-ring (bicyclic) bond motifs is 6. The van der Waals surface area contributed by atoms with Crippen LogP contribution in [0.1, 0.15) is 47.2 Å². The summed E-state index contributed by atoms with van der Waals surface area (Å²) in [6.07, 6.45) is 0. The van der Waals surface area contributed by atoms with Crippen molar-refractivity contribution in [1.82, 2.24) is 0 Å². The molecule has 0 bridgehead atoms. The van der Waals surface area contributed by atoms with Crippen molar-refractivity contribution < 1.29 is 0 Å². The van der Waals surface area contributed by atoms with Crippen molar-refractivity contribution in [2.45, 2.75) is 24.7 Å². The highest BCUT2D eigenvalue weighted by atomic mass is 15.1. The summed E-state index contributed by atoms with van der Waals surface area (Å²) in [4.78, 5) is 2.50. The lowest BCUT2D eigenvalue weighted by atomic mass is 9.67. The number of para-hydroxylation sites is 1. The van der Waals surface area contributed by atoms with Gasteiger partial charge >= 0.3 is 0 Å². The molecule has 59 heavy (non-hydrogen) atoms. The van der Waals surface area contributed by atoms with Crippen LogP contribution in [0.25, 0.3) is 44.5 Å². The van der Waals surface area contributed by atoms with Gasteiger partial charge in [-0.3, -0.25) is 0 Å². The Kier molecular flexibility index (Phi) is 8.13. The van der Waals surface area contributed by atoms with Gasteiger partial charge in [0.15, 0.2) is 0 Å². The third kappa shape index (κ3) is 5.39. The zero-order valence-corrected chi connectivity index (χ0v) is 33.3. The van der Waals surface area contributed by atoms with Crippen LogP contribution in [0.3, 0.4) is 0 Å². The Morgan fingerprint density at radius 1 is 0.305 bits per heavy atom. The lowest BCUT2D eigenvalue weighted by molar-refractivity contribution is 0.660. The van der Waals surface area contributed by atoms with Crippen molar-refractivity contribution in [3.63, 3.8) is 0 Å². The first-order valence-corrected chi connectivity index (χ1v) is 20.7. The molecule has 9 aromatic carbocycles. The third-order valence-corrected chi connectivity index (χ3v) is 13.0. The van der Waals surface area contributed by atoms with Crippen molar-refractivity contribution in [3.05, 3.63) is 258 Å². The normalized spacial score (nSPS) is 13.9. The van der Waals surface area contributed by atoms with E-state index in [4.69, 9.17) is 0 Å². The van der Waals surface area contributed by atoms with Crippen molar-refractivity contribution in [3.8, 4) is 44.5 Å². The van der Waals surface area contributed by atoms with Gasteiger partial charge in [0, 0.05) is 22.4 Å². The summed E-state index contributed by atoms with van der Waals surface area (Å²) in [5, 5.41) is 0. The van der Waals surface area contributed by atoms with E-state index in [1.54, 1.807) is 0 Å². The Morgan fingerprint density at radius 3 is 1.37 bits per heavy atom. The summed E-state index contributed by atoms with van der Waals surface area (Å²) < 4.78 is 0. The number of nitrogens with zero attached hydrogens (tertiary/aromatic N) is 1. The number of benzene rings is 9. The number of anilines is 3. The SMILES string of the molecule is CC1(C)c2ccccc2-c2ccc(N(c3ccc4c(c3)C(c3ccccc3)(c3ccccc3)c3cc(-c5ccccc5)ccc3-4)c3ccccc3-c3ccccc3)cc21. The highest BCUT2D eigenvalue weighted by Crippen LogP contribution is 2.58. The first-order chi connectivity index (χ1) is 29.0. The molecule has 0 saturated heterocycles. The maximum atomic E-state index is 2.50. The molecule has 0 unspecified atom stereocenters. The summed E-state index contributed by atoms with van der Waals surface area (Å²) in [6, 6.07) is 83.1. The minimum atomic E-state index is -0.569. The van der Waals surface area contributed by atoms with Gasteiger partial charge in [0.2, 0.25) is 0 Å². The van der Waals surface area contributed by atoms with Crippen molar-refractivity contribution in [1.29, 1.82) is 0 Å². The first-order valence-electron chi connectivity index (χ1n) is 20.7. The lowest BCUT2D eigenvalue weighted by Crippen LogP contribution is -2.29. The monoisotopic (exact) mass is 753 g/mol. The Labute approximate surface area is 347 Å². The van der Waals surface area contributed by atoms with E-state index in [0.29, 0.717) is 0 Å². The van der Waals surface area contributed by atoms with Crippen molar-refractivity contribution in [2.75, 3.05) is 4.90 Å². The molecule has 0 radical (unpaired) electrons. The van der Waals surface area contributed by atoms with Crippen LogP contribution >= 0.6 is 0 Å². The largest absolute Gasteiger partial charge is 0.310 e. The molecule has 0 spiro atoms. The van der Waals surface area contributed by atoms with E-state index in [1.165, 1.54) is 77.9 Å². The second kappa shape index (κ2) is 13.7. The minimum absolute atomic E-state index is 0.141. The Bertz CT molecular complexity index is 2960. The number of rotatable bonds is 7. The van der Waals surface area contributed by atoms with E-state index in [2.05, 4.69) is 243 Å². The zero-order valence-electron chi connectivity index (χ0n) is 33.3. The summed E-state index contributed by atoms with van der Waals surface area (Å²) >= 11 is 0. The quantitative estimate of drug-likeness (QED) is 0.157. The van der Waals surface area contributed by atoms with Gasteiger partial charge in [-0.05, 0) is 109 Å². The van der Waals surface area contributed by atoms with Crippen molar-refractivity contribution in [2.24, 2.45) is 0 Å². The minimum Gasteiger partial charge on any atom is -0.310 e. The molecular formula is C58H43N. The molecule has 0 fully saturated rings. The topological polar surface area (TPSA) is 3.24 Å². The van der Waals surface area contributed by atoms with Crippen LogP contribution in [0, 0.1) is 0 Å². The predicted molar refractivity (Wildman–Crippen MR) is 247 cm³/mol. The van der Waals surface area contributed by atoms with Gasteiger partial charge in [-0.2, -0.15) is 0 Å². The van der Waals surface area contributed by atoms with Gasteiger partial charge in [0.05, 0.1) is 11.1 Å². The van der Waals surface area contributed by atoms with E-state index < -0.39 is 5.41 Å². The molecule has 0 atom stereocenters. The van der Waals surface area contributed by atoms with E-state index >= 15 is 0 Å². The second-order valence-electron chi connectivity index (χ2n) is 16.5. The smallest absolute Gasteiger partial charge is 0.0714 e. The molecule has 1 heteroatoms. The molecule has 0 amide bonds. The zero-order chi connectivity index (χ0) is 39.6. The molecular weight excluding hydrogens is 711 g/mol. The molecule has 0 N–H and O–H groups in total. The van der Waals surface area contributed by atoms with E-state index in [9.17, 15) is 0 Å². The second-order valence-corrected chi connectivity index (χ2v) is 16.5. The van der Waals surface area contributed by atoms with Crippen LogP contribution in [0.2, 0.25) is 0 Å². The molecule has 280 valence electrons. The Morgan fingerprint density at radius 2 is 0.746 bits per heavy atom. The highest BCUT2D eigenvalue weighted by Gasteiger charge is 2.47. The molecule has 9 aromatic rings. The van der Waals surface area contributed by atoms with Crippen LogP contribution in [-0.2, 0) is 10.8 Å². The molecule has 2 aliphatic carbocycles. The Hall–Kier alpha value is -7.22. The summed E-state index contributed by atoms with van der Waals surface area (Å²) in [7, 11) is 0. The fraction of sp³-hybridized carbons (Fsp3) is 0.0690. The summed E-state index contributed by atoms with van der Waals surface area (Å²) in [6.45, 7) is 4.74. The number of hydrogen-bond acceptors (Lipinski definition) is 1. The maximum Gasteiger partial charge on any atom is 0.0714 e. The summed E-state index contributed by atoms with van der Waals surface area (Å²) in [5.74, 6) is 0. The lowest BCUT2D eigenvalue weighted by Gasteiger charge is -2.35. The fourth-order valence-electron chi connectivity index (χ4n) is 10.2. The molecule has 1 nitrogen and oxygen atoms in total. The first kappa shape index (κ1) is 35.0. The van der Waals surface area contributed by atoms with Crippen LogP contribution in [0.15, 0.2) is 224 Å². The molecule has 2 aliphatic rings. The Balaban J connectivity index is 1.19. The van der Waals surface area contributed by atoms with Gasteiger partial charge in [-0.15, -0.1) is 0 Å². The standard InChI is InChI=1S/C58H43N/c1-57(2)52-29-17-15-28-48(52)49-35-32-45(38-53(49)57)59(56-30-18-16-27-47(56)41-21-9-4-10-22-41)46-33-36-51-50-34-31-42(40-19-7-3-8-20-40)37-54(50)58(55(51)39-46,43-23-11-5-12-24-43)44-25-13-6-14-26-44/h3-39H,1-2H3. The van der Waals surface area contributed by atoms with Gasteiger partial charge in [0.1, 0.15) is 0 Å². The molecule has 11 rings (SSSR count). The average Bonchev–Trinajstić information content (AvgIpc) is 3.72. The van der Waals surface area contributed by atoms with E-state index in [1.807, 2.05) is 0 Å². The van der Waals surface area contributed by atoms with Crippen LogP contribution < -0.4 is 4.90 Å². The predicted octanol–water partition coefficient (Wildman–Crippen LogP) is 15.2.